The van der Waals surface area contributed by atoms with Gasteiger partial charge in [0.05, 0.1) is 18.6 Å². The third-order valence-electron chi connectivity index (χ3n) is 2.69. The van der Waals surface area contributed by atoms with Crippen molar-refractivity contribution in [3.8, 4) is 0 Å². The fraction of sp³-hybridized carbons (Fsp3) is 0.231. The van der Waals surface area contributed by atoms with Crippen LogP contribution < -0.4 is 5.32 Å². The van der Waals surface area contributed by atoms with Crippen LogP contribution in [0.4, 0.5) is 5.13 Å². The molecule has 114 valence electrons. The molecule has 0 atom stereocenters. The van der Waals surface area contributed by atoms with Crippen molar-refractivity contribution in [2.24, 2.45) is 0 Å². The normalized spacial score (nSPS) is 10.8. The van der Waals surface area contributed by atoms with Crippen molar-refractivity contribution in [2.45, 2.75) is 18.6 Å². The number of hydrogen-bond donors (Lipinski definition) is 1. The van der Waals surface area contributed by atoms with Gasteiger partial charge in [0.25, 0.3) is 0 Å². The first kappa shape index (κ1) is 14.8. The summed E-state index contributed by atoms with van der Waals surface area (Å²) in [5.74, 6) is 0.968. The van der Waals surface area contributed by atoms with Crippen molar-refractivity contribution in [2.75, 3.05) is 11.1 Å². The molecule has 0 radical (unpaired) electrons. The Bertz CT molecular complexity index is 750. The van der Waals surface area contributed by atoms with Gasteiger partial charge < -0.3 is 8.98 Å². The van der Waals surface area contributed by atoms with Gasteiger partial charge in [-0.25, -0.2) is 4.98 Å². The van der Waals surface area contributed by atoms with Gasteiger partial charge in [0.1, 0.15) is 10.8 Å². The van der Waals surface area contributed by atoms with Crippen LogP contribution in [-0.4, -0.2) is 31.4 Å². The molecule has 0 aliphatic heterocycles. The molecule has 0 aromatic carbocycles. The standard InChI is InChI=1S/C13H13N5O2S2/c1-9-16-17-12(22-9)15-11(19)8-21-13-14-4-5-18(13)7-10-3-2-6-20-10/h2-6H,7-8H2,1H3,(H,15,17,19). The number of amides is 1. The van der Waals surface area contributed by atoms with Crippen molar-refractivity contribution in [3.05, 3.63) is 41.6 Å². The molecule has 0 spiro atoms. The van der Waals surface area contributed by atoms with Crippen LogP contribution in [0.3, 0.4) is 0 Å². The predicted molar refractivity (Wildman–Crippen MR) is 84.0 cm³/mol. The first-order valence-corrected chi connectivity index (χ1v) is 8.27. The molecule has 3 aromatic heterocycles. The Labute approximate surface area is 134 Å². The highest BCUT2D eigenvalue weighted by Crippen LogP contribution is 2.19. The van der Waals surface area contributed by atoms with E-state index in [1.54, 1.807) is 12.5 Å². The molecule has 3 rings (SSSR count). The number of furan rings is 1. The number of carbonyl (C=O) groups is 1. The van der Waals surface area contributed by atoms with E-state index in [-0.39, 0.29) is 11.7 Å². The summed E-state index contributed by atoms with van der Waals surface area (Å²) in [6, 6.07) is 3.75. The number of hydrogen-bond acceptors (Lipinski definition) is 7. The summed E-state index contributed by atoms with van der Waals surface area (Å²) < 4.78 is 7.25. The van der Waals surface area contributed by atoms with E-state index < -0.39 is 0 Å². The largest absolute Gasteiger partial charge is 0.467 e. The highest BCUT2D eigenvalue weighted by molar-refractivity contribution is 7.99. The van der Waals surface area contributed by atoms with Crippen LogP contribution in [-0.2, 0) is 11.3 Å². The van der Waals surface area contributed by atoms with E-state index in [0.29, 0.717) is 11.7 Å². The maximum Gasteiger partial charge on any atom is 0.236 e. The highest BCUT2D eigenvalue weighted by atomic mass is 32.2. The predicted octanol–water partition coefficient (Wildman–Crippen LogP) is 2.42. The number of aromatic nitrogens is 4. The van der Waals surface area contributed by atoms with Gasteiger partial charge in [0.2, 0.25) is 11.0 Å². The topological polar surface area (TPSA) is 85.8 Å². The first-order valence-electron chi connectivity index (χ1n) is 6.47. The minimum Gasteiger partial charge on any atom is -0.467 e. The monoisotopic (exact) mass is 335 g/mol. The molecular formula is C13H13N5O2S2. The van der Waals surface area contributed by atoms with Crippen LogP contribution in [0.2, 0.25) is 0 Å². The number of nitrogens with one attached hydrogen (secondary N) is 1. The molecule has 0 aliphatic rings. The van der Waals surface area contributed by atoms with Gasteiger partial charge in [-0.3, -0.25) is 10.1 Å². The van der Waals surface area contributed by atoms with Gasteiger partial charge in [-0.1, -0.05) is 23.1 Å². The van der Waals surface area contributed by atoms with E-state index in [4.69, 9.17) is 4.42 Å². The van der Waals surface area contributed by atoms with Gasteiger partial charge in [-0.2, -0.15) is 0 Å². The Balaban J connectivity index is 1.55. The summed E-state index contributed by atoms with van der Waals surface area (Å²) in [4.78, 5) is 16.2. The van der Waals surface area contributed by atoms with E-state index in [2.05, 4.69) is 20.5 Å². The number of anilines is 1. The Morgan fingerprint density at radius 3 is 3.14 bits per heavy atom. The van der Waals surface area contributed by atoms with Gasteiger partial charge in [-0.05, 0) is 19.1 Å². The average Bonchev–Trinajstić information content (AvgIpc) is 3.21. The molecule has 22 heavy (non-hydrogen) atoms. The number of imidazole rings is 1. The summed E-state index contributed by atoms with van der Waals surface area (Å²) in [5, 5.41) is 12.5. The number of thioether (sulfide) groups is 1. The van der Waals surface area contributed by atoms with E-state index in [0.717, 1.165) is 15.9 Å². The summed E-state index contributed by atoms with van der Waals surface area (Å²) >= 11 is 2.71. The summed E-state index contributed by atoms with van der Waals surface area (Å²) in [6.07, 6.45) is 5.20. The maximum atomic E-state index is 11.9. The van der Waals surface area contributed by atoms with E-state index in [9.17, 15) is 4.79 Å². The smallest absolute Gasteiger partial charge is 0.236 e. The first-order chi connectivity index (χ1) is 10.7. The van der Waals surface area contributed by atoms with Gasteiger partial charge in [0, 0.05) is 12.4 Å². The van der Waals surface area contributed by atoms with Crippen LogP contribution in [0.5, 0.6) is 0 Å². The molecule has 1 amide bonds. The second-order valence-corrected chi connectivity index (χ2v) is 6.50. The molecule has 7 nitrogen and oxygen atoms in total. The third-order valence-corrected chi connectivity index (χ3v) is 4.45. The average molecular weight is 335 g/mol. The minimum atomic E-state index is -0.131. The highest BCUT2D eigenvalue weighted by Gasteiger charge is 2.10. The van der Waals surface area contributed by atoms with E-state index in [1.165, 1.54) is 23.1 Å². The van der Waals surface area contributed by atoms with Crippen LogP contribution in [0.1, 0.15) is 10.8 Å². The molecule has 9 heteroatoms. The SMILES string of the molecule is Cc1nnc(NC(=O)CSc2nccn2Cc2ccco2)s1. The molecule has 0 aliphatic carbocycles. The zero-order valence-electron chi connectivity index (χ0n) is 11.7. The minimum absolute atomic E-state index is 0.131. The summed E-state index contributed by atoms with van der Waals surface area (Å²) in [5.41, 5.74) is 0. The van der Waals surface area contributed by atoms with E-state index in [1.807, 2.05) is 29.8 Å². The fourth-order valence-corrected chi connectivity index (χ4v) is 3.13. The van der Waals surface area contributed by atoms with Crippen molar-refractivity contribution >= 4 is 34.1 Å². The van der Waals surface area contributed by atoms with Crippen molar-refractivity contribution < 1.29 is 9.21 Å². The molecule has 0 bridgehead atoms. The Morgan fingerprint density at radius 2 is 2.41 bits per heavy atom. The zero-order valence-corrected chi connectivity index (χ0v) is 13.4. The van der Waals surface area contributed by atoms with Gasteiger partial charge in [0.15, 0.2) is 5.16 Å². The maximum absolute atomic E-state index is 11.9. The lowest BCUT2D eigenvalue weighted by atomic mass is 10.4. The lowest BCUT2D eigenvalue weighted by Crippen LogP contribution is -2.14. The molecule has 0 saturated carbocycles. The quantitative estimate of drug-likeness (QED) is 0.696. The molecule has 1 N–H and O–H groups in total. The Morgan fingerprint density at radius 1 is 1.50 bits per heavy atom. The third kappa shape index (κ3) is 3.74. The second kappa shape index (κ2) is 6.75. The molecular weight excluding hydrogens is 322 g/mol. The van der Waals surface area contributed by atoms with Crippen LogP contribution >= 0.6 is 23.1 Å². The number of rotatable bonds is 6. The number of aryl methyl sites for hydroxylation is 1. The summed E-state index contributed by atoms with van der Waals surface area (Å²) in [7, 11) is 0. The lowest BCUT2D eigenvalue weighted by molar-refractivity contribution is -0.113. The van der Waals surface area contributed by atoms with Gasteiger partial charge in [-0.15, -0.1) is 10.2 Å². The van der Waals surface area contributed by atoms with Crippen LogP contribution in [0, 0.1) is 6.92 Å². The number of carbonyl (C=O) groups excluding carboxylic acids is 1. The summed E-state index contributed by atoms with van der Waals surface area (Å²) in [6.45, 7) is 2.43. The van der Waals surface area contributed by atoms with E-state index >= 15 is 0 Å². The molecule has 3 aromatic rings. The van der Waals surface area contributed by atoms with Gasteiger partial charge >= 0.3 is 0 Å². The van der Waals surface area contributed by atoms with Crippen molar-refractivity contribution in [1.29, 1.82) is 0 Å². The lowest BCUT2D eigenvalue weighted by Gasteiger charge is -2.05. The molecule has 0 unspecified atom stereocenters. The second-order valence-electron chi connectivity index (χ2n) is 4.38. The van der Waals surface area contributed by atoms with Crippen LogP contribution in [0.25, 0.3) is 0 Å². The zero-order chi connectivity index (χ0) is 15.4. The Kier molecular flexibility index (Phi) is 4.54. The number of nitrogens with zero attached hydrogens (tertiary/aromatic N) is 4. The van der Waals surface area contributed by atoms with Crippen molar-refractivity contribution in [1.82, 2.24) is 19.7 Å². The molecule has 0 fully saturated rings. The molecule has 0 saturated heterocycles. The Hall–Kier alpha value is -2.13. The van der Waals surface area contributed by atoms with Crippen LogP contribution in [0.15, 0.2) is 40.4 Å². The van der Waals surface area contributed by atoms with Crippen molar-refractivity contribution in [3.63, 3.8) is 0 Å². The fourth-order valence-electron chi connectivity index (χ4n) is 1.76. The molecule has 3 heterocycles.